The Hall–Kier alpha value is -1.49. The van der Waals surface area contributed by atoms with E-state index in [-0.39, 0.29) is 11.5 Å². The van der Waals surface area contributed by atoms with E-state index in [1.54, 1.807) is 6.92 Å². The van der Waals surface area contributed by atoms with E-state index < -0.39 is 29.7 Å². The van der Waals surface area contributed by atoms with Crippen LogP contribution in [0.2, 0.25) is 0 Å². The third kappa shape index (κ3) is 4.59. The molecule has 0 bridgehead atoms. The summed E-state index contributed by atoms with van der Waals surface area (Å²) in [5, 5.41) is 11.9. The first-order chi connectivity index (χ1) is 8.81. The van der Waals surface area contributed by atoms with E-state index in [9.17, 15) is 13.6 Å². The van der Waals surface area contributed by atoms with Crippen molar-refractivity contribution in [2.24, 2.45) is 5.92 Å². The summed E-state index contributed by atoms with van der Waals surface area (Å²) in [6.07, 6.45) is 0.427. The summed E-state index contributed by atoms with van der Waals surface area (Å²) in [6, 6.07) is 1.81. The normalized spacial score (nSPS) is 14.4. The molecule has 1 aromatic rings. The minimum Gasteiger partial charge on any atom is -0.480 e. The molecule has 3 nitrogen and oxygen atoms in total. The van der Waals surface area contributed by atoms with Crippen LogP contribution in [0.3, 0.4) is 0 Å². The van der Waals surface area contributed by atoms with Crippen molar-refractivity contribution in [2.75, 3.05) is 0 Å². The first-order valence-electron chi connectivity index (χ1n) is 6.25. The number of benzene rings is 1. The molecule has 0 aromatic heterocycles. The highest BCUT2D eigenvalue weighted by atomic mass is 19.1. The molecule has 2 atom stereocenters. The number of carboxylic acid groups (broad SMARTS) is 1. The molecule has 5 heteroatoms. The van der Waals surface area contributed by atoms with Crippen LogP contribution >= 0.6 is 0 Å². The molecular weight excluding hydrogens is 252 g/mol. The van der Waals surface area contributed by atoms with Crippen LogP contribution in [0, 0.1) is 17.6 Å². The van der Waals surface area contributed by atoms with Gasteiger partial charge in [-0.1, -0.05) is 13.8 Å². The predicted molar refractivity (Wildman–Crippen MR) is 68.8 cm³/mol. The molecule has 2 N–H and O–H groups in total. The highest BCUT2D eigenvalue weighted by Crippen LogP contribution is 2.19. The van der Waals surface area contributed by atoms with Crippen molar-refractivity contribution in [3.05, 3.63) is 35.4 Å². The Kier molecular flexibility index (Phi) is 5.42. The summed E-state index contributed by atoms with van der Waals surface area (Å²) < 4.78 is 26.7. The van der Waals surface area contributed by atoms with Crippen molar-refractivity contribution in [3.8, 4) is 0 Å². The lowest BCUT2D eigenvalue weighted by molar-refractivity contribution is -0.140. The Labute approximate surface area is 111 Å². The van der Waals surface area contributed by atoms with Crippen molar-refractivity contribution in [1.82, 2.24) is 5.32 Å². The lowest BCUT2D eigenvalue weighted by Gasteiger charge is -2.22. The van der Waals surface area contributed by atoms with Crippen LogP contribution in [0.1, 0.15) is 38.8 Å². The maximum Gasteiger partial charge on any atom is 0.320 e. The average molecular weight is 271 g/mol. The van der Waals surface area contributed by atoms with Gasteiger partial charge in [-0.25, -0.2) is 8.78 Å². The lowest BCUT2D eigenvalue weighted by Crippen LogP contribution is -2.39. The van der Waals surface area contributed by atoms with E-state index in [4.69, 9.17) is 5.11 Å². The number of aliphatic carboxylic acids is 1. The van der Waals surface area contributed by atoms with Gasteiger partial charge in [0.15, 0.2) is 0 Å². The number of carbonyl (C=O) groups is 1. The van der Waals surface area contributed by atoms with Crippen molar-refractivity contribution in [1.29, 1.82) is 0 Å². The highest BCUT2D eigenvalue weighted by molar-refractivity contribution is 5.73. The molecule has 0 saturated heterocycles. The standard InChI is InChI=1S/C14H19F2NO2/c1-8(2)6-13(14(18)19)17-9(3)11-7-10(15)4-5-12(11)16/h4-5,7-9,13,17H,6H2,1-3H3,(H,18,19). The van der Waals surface area contributed by atoms with E-state index >= 15 is 0 Å². The van der Waals surface area contributed by atoms with Gasteiger partial charge in [0, 0.05) is 11.6 Å². The fourth-order valence-corrected chi connectivity index (χ4v) is 1.95. The maximum atomic E-state index is 13.6. The second kappa shape index (κ2) is 6.61. The zero-order valence-corrected chi connectivity index (χ0v) is 11.3. The van der Waals surface area contributed by atoms with E-state index in [2.05, 4.69) is 5.32 Å². The van der Waals surface area contributed by atoms with Gasteiger partial charge in [0.2, 0.25) is 0 Å². The summed E-state index contributed by atoms with van der Waals surface area (Å²) in [7, 11) is 0. The summed E-state index contributed by atoms with van der Waals surface area (Å²) >= 11 is 0. The highest BCUT2D eigenvalue weighted by Gasteiger charge is 2.22. The van der Waals surface area contributed by atoms with Gasteiger partial charge in [-0.3, -0.25) is 10.1 Å². The zero-order chi connectivity index (χ0) is 14.6. The molecule has 0 aliphatic carbocycles. The zero-order valence-electron chi connectivity index (χ0n) is 11.3. The second-order valence-corrected chi connectivity index (χ2v) is 5.07. The number of hydrogen-bond donors (Lipinski definition) is 2. The van der Waals surface area contributed by atoms with Crippen LogP contribution in [0.15, 0.2) is 18.2 Å². The first kappa shape index (κ1) is 15.6. The molecular formula is C14H19F2NO2. The predicted octanol–water partition coefficient (Wildman–Crippen LogP) is 3.11. The molecule has 0 amide bonds. The molecule has 1 rings (SSSR count). The summed E-state index contributed by atoms with van der Waals surface area (Å²) in [5.41, 5.74) is 0.134. The fourth-order valence-electron chi connectivity index (χ4n) is 1.95. The van der Waals surface area contributed by atoms with Crippen LogP contribution in [0.25, 0.3) is 0 Å². The van der Waals surface area contributed by atoms with Crippen LogP contribution in [0.5, 0.6) is 0 Å². The van der Waals surface area contributed by atoms with E-state index in [1.807, 2.05) is 13.8 Å². The molecule has 19 heavy (non-hydrogen) atoms. The number of halogens is 2. The Bertz CT molecular complexity index is 449. The molecule has 106 valence electrons. The smallest absolute Gasteiger partial charge is 0.320 e. The average Bonchev–Trinajstić information content (AvgIpc) is 2.30. The van der Waals surface area contributed by atoms with Crippen LogP contribution in [0.4, 0.5) is 8.78 Å². The molecule has 0 aliphatic heterocycles. The van der Waals surface area contributed by atoms with Gasteiger partial charge >= 0.3 is 5.97 Å². The van der Waals surface area contributed by atoms with Crippen molar-refractivity contribution >= 4 is 5.97 Å². The minimum absolute atomic E-state index is 0.134. The van der Waals surface area contributed by atoms with Gasteiger partial charge < -0.3 is 5.11 Å². The second-order valence-electron chi connectivity index (χ2n) is 5.07. The van der Waals surface area contributed by atoms with Gasteiger partial charge in [0.1, 0.15) is 17.7 Å². The molecule has 0 spiro atoms. The van der Waals surface area contributed by atoms with Gasteiger partial charge in [-0.2, -0.15) is 0 Å². The molecule has 0 saturated carbocycles. The molecule has 1 aromatic carbocycles. The van der Waals surface area contributed by atoms with Crippen LogP contribution in [-0.2, 0) is 4.79 Å². The van der Waals surface area contributed by atoms with E-state index in [0.29, 0.717) is 6.42 Å². The van der Waals surface area contributed by atoms with E-state index in [0.717, 1.165) is 18.2 Å². The van der Waals surface area contributed by atoms with E-state index in [1.165, 1.54) is 0 Å². The first-order valence-corrected chi connectivity index (χ1v) is 6.25. The monoisotopic (exact) mass is 271 g/mol. The topological polar surface area (TPSA) is 49.3 Å². The summed E-state index contributed by atoms with van der Waals surface area (Å²) in [4.78, 5) is 11.1. The van der Waals surface area contributed by atoms with Gasteiger partial charge in [0.25, 0.3) is 0 Å². The third-order valence-electron chi connectivity index (χ3n) is 2.88. The van der Waals surface area contributed by atoms with Crippen molar-refractivity contribution in [3.63, 3.8) is 0 Å². The van der Waals surface area contributed by atoms with Gasteiger partial charge in [-0.15, -0.1) is 0 Å². The van der Waals surface area contributed by atoms with Crippen molar-refractivity contribution < 1.29 is 18.7 Å². The SMILES string of the molecule is CC(C)CC(NC(C)c1cc(F)ccc1F)C(=O)O. The Morgan fingerprint density at radius 2 is 1.95 bits per heavy atom. The number of rotatable bonds is 6. The minimum atomic E-state index is -0.989. The maximum absolute atomic E-state index is 13.6. The quantitative estimate of drug-likeness (QED) is 0.835. The largest absolute Gasteiger partial charge is 0.480 e. The molecule has 0 aliphatic rings. The number of nitrogens with one attached hydrogen (secondary N) is 1. The molecule has 2 unspecified atom stereocenters. The molecule has 0 fully saturated rings. The molecule has 0 heterocycles. The number of hydrogen-bond acceptors (Lipinski definition) is 2. The third-order valence-corrected chi connectivity index (χ3v) is 2.88. The summed E-state index contributed by atoms with van der Waals surface area (Å²) in [5.74, 6) is -1.88. The fraction of sp³-hybridized carbons (Fsp3) is 0.500. The van der Waals surface area contributed by atoms with Gasteiger partial charge in [-0.05, 0) is 37.5 Å². The Morgan fingerprint density at radius 3 is 2.47 bits per heavy atom. The number of carboxylic acids is 1. The lowest BCUT2D eigenvalue weighted by atomic mass is 10.0. The Balaban J connectivity index is 2.84. The van der Waals surface area contributed by atoms with Crippen LogP contribution < -0.4 is 5.32 Å². The van der Waals surface area contributed by atoms with Gasteiger partial charge in [0.05, 0.1) is 0 Å². The van der Waals surface area contributed by atoms with Crippen molar-refractivity contribution in [2.45, 2.75) is 39.3 Å². The Morgan fingerprint density at radius 1 is 1.32 bits per heavy atom. The van der Waals surface area contributed by atoms with Crippen LogP contribution in [-0.4, -0.2) is 17.1 Å². The molecule has 0 radical (unpaired) electrons. The summed E-state index contributed by atoms with van der Waals surface area (Å²) in [6.45, 7) is 5.43.